The molecule has 1 N–H and O–H groups in total. The number of likely N-dealkylation sites (tertiary alicyclic amines) is 1. The van der Waals surface area contributed by atoms with Crippen molar-refractivity contribution in [3.8, 4) is 0 Å². The molecule has 104 valence electrons. The highest BCUT2D eigenvalue weighted by molar-refractivity contribution is 5.68. The zero-order valence-electron chi connectivity index (χ0n) is 11.5. The Hall–Kier alpha value is -0.840. The van der Waals surface area contributed by atoms with Crippen LogP contribution in [0.25, 0.3) is 0 Å². The van der Waals surface area contributed by atoms with Gasteiger partial charge in [0, 0.05) is 25.2 Å². The second-order valence-corrected chi connectivity index (χ2v) is 6.45. The van der Waals surface area contributed by atoms with Crippen LogP contribution in [0.1, 0.15) is 40.0 Å². The Kier molecular flexibility index (Phi) is 3.54. The van der Waals surface area contributed by atoms with Crippen LogP contribution in [0.4, 0.5) is 9.18 Å². The molecule has 2 saturated heterocycles. The number of ether oxygens (including phenoxy) is 1. The van der Waals surface area contributed by atoms with Gasteiger partial charge < -0.3 is 15.0 Å². The standard InChI is InChI=1S/C13H23FN2O2/c1-12(2,3)18-11(17)16-7-6-13(9-16)5-4-10(14)8-15-13/h10,15H,4-9H2,1-3H3. The van der Waals surface area contributed by atoms with Gasteiger partial charge in [-0.1, -0.05) is 0 Å². The molecule has 5 heteroatoms. The fourth-order valence-corrected chi connectivity index (χ4v) is 2.65. The van der Waals surface area contributed by atoms with Crippen LogP contribution in [0.15, 0.2) is 0 Å². The first kappa shape index (κ1) is 13.6. The minimum absolute atomic E-state index is 0.0838. The highest BCUT2D eigenvalue weighted by Crippen LogP contribution is 2.31. The first-order chi connectivity index (χ1) is 8.30. The summed E-state index contributed by atoms with van der Waals surface area (Å²) in [5, 5.41) is 3.27. The Morgan fingerprint density at radius 1 is 1.44 bits per heavy atom. The minimum Gasteiger partial charge on any atom is -0.444 e. The van der Waals surface area contributed by atoms with Gasteiger partial charge >= 0.3 is 6.09 Å². The van der Waals surface area contributed by atoms with Gasteiger partial charge in [0.15, 0.2) is 0 Å². The Labute approximate surface area is 108 Å². The monoisotopic (exact) mass is 258 g/mol. The van der Waals surface area contributed by atoms with Crippen LogP contribution in [-0.4, -0.2) is 47.9 Å². The van der Waals surface area contributed by atoms with E-state index in [-0.39, 0.29) is 11.6 Å². The maximum absolute atomic E-state index is 13.1. The lowest BCUT2D eigenvalue weighted by atomic mass is 9.87. The summed E-state index contributed by atoms with van der Waals surface area (Å²) in [5.41, 5.74) is -0.545. The van der Waals surface area contributed by atoms with Gasteiger partial charge in [0.2, 0.25) is 0 Å². The Balaban J connectivity index is 1.90. The number of amides is 1. The van der Waals surface area contributed by atoms with Gasteiger partial charge in [-0.05, 0) is 40.0 Å². The van der Waals surface area contributed by atoms with E-state index in [0.717, 1.165) is 12.8 Å². The zero-order valence-corrected chi connectivity index (χ0v) is 11.5. The second kappa shape index (κ2) is 4.68. The number of alkyl halides is 1. The van der Waals surface area contributed by atoms with E-state index in [1.165, 1.54) is 0 Å². The molecule has 0 radical (unpaired) electrons. The van der Waals surface area contributed by atoms with Gasteiger partial charge in [-0.25, -0.2) is 9.18 Å². The Morgan fingerprint density at radius 2 is 2.17 bits per heavy atom. The summed E-state index contributed by atoms with van der Waals surface area (Å²) in [6, 6.07) is 0. The highest BCUT2D eigenvalue weighted by atomic mass is 19.1. The summed E-state index contributed by atoms with van der Waals surface area (Å²) < 4.78 is 18.5. The van der Waals surface area contributed by atoms with Crippen molar-refractivity contribution in [2.75, 3.05) is 19.6 Å². The third-order valence-electron chi connectivity index (χ3n) is 3.64. The maximum Gasteiger partial charge on any atom is 0.410 e. The number of nitrogens with one attached hydrogen (secondary N) is 1. The summed E-state index contributed by atoms with van der Waals surface area (Å²) in [6.45, 7) is 7.32. The van der Waals surface area contributed by atoms with Gasteiger partial charge in [0.25, 0.3) is 0 Å². The molecule has 1 spiro atoms. The van der Waals surface area contributed by atoms with Crippen molar-refractivity contribution in [1.29, 1.82) is 0 Å². The van der Waals surface area contributed by atoms with E-state index in [2.05, 4.69) is 5.32 Å². The maximum atomic E-state index is 13.1. The SMILES string of the molecule is CC(C)(C)OC(=O)N1CCC2(CCC(F)CN2)C1. The van der Waals surface area contributed by atoms with E-state index >= 15 is 0 Å². The summed E-state index contributed by atoms with van der Waals surface area (Å²) in [4.78, 5) is 13.7. The van der Waals surface area contributed by atoms with Crippen LogP contribution in [-0.2, 0) is 4.74 Å². The number of piperidine rings is 1. The number of halogens is 1. The first-order valence-corrected chi connectivity index (χ1v) is 6.67. The lowest BCUT2D eigenvalue weighted by Gasteiger charge is -2.36. The fourth-order valence-electron chi connectivity index (χ4n) is 2.65. The van der Waals surface area contributed by atoms with Crippen molar-refractivity contribution in [3.63, 3.8) is 0 Å². The molecule has 0 aromatic carbocycles. The van der Waals surface area contributed by atoms with E-state index in [9.17, 15) is 9.18 Å². The van der Waals surface area contributed by atoms with Crippen LogP contribution < -0.4 is 5.32 Å². The normalized spacial score (nSPS) is 32.9. The molecule has 0 saturated carbocycles. The fraction of sp³-hybridized carbons (Fsp3) is 0.923. The molecule has 0 aromatic heterocycles. The highest BCUT2D eigenvalue weighted by Gasteiger charge is 2.43. The second-order valence-electron chi connectivity index (χ2n) is 6.45. The molecule has 2 unspecified atom stereocenters. The molecule has 2 aliphatic heterocycles. The van der Waals surface area contributed by atoms with Crippen LogP contribution in [0.3, 0.4) is 0 Å². The number of carbonyl (C=O) groups is 1. The smallest absolute Gasteiger partial charge is 0.410 e. The van der Waals surface area contributed by atoms with Crippen molar-refractivity contribution >= 4 is 6.09 Å². The average molecular weight is 258 g/mol. The number of carbonyl (C=O) groups excluding carboxylic acids is 1. The van der Waals surface area contributed by atoms with Crippen LogP contribution >= 0.6 is 0 Å². The molecule has 2 atom stereocenters. The molecule has 2 heterocycles. The van der Waals surface area contributed by atoms with E-state index in [0.29, 0.717) is 26.1 Å². The van der Waals surface area contributed by atoms with Crippen molar-refractivity contribution < 1.29 is 13.9 Å². The lowest BCUT2D eigenvalue weighted by Crippen LogP contribution is -2.54. The predicted octanol–water partition coefficient (Wildman–Crippen LogP) is 2.09. The summed E-state index contributed by atoms with van der Waals surface area (Å²) in [7, 11) is 0. The van der Waals surface area contributed by atoms with E-state index in [1.54, 1.807) is 4.90 Å². The molecule has 0 aromatic rings. The number of rotatable bonds is 0. The Morgan fingerprint density at radius 3 is 2.72 bits per heavy atom. The molecular weight excluding hydrogens is 235 g/mol. The molecular formula is C13H23FN2O2. The molecule has 0 aliphatic carbocycles. The third-order valence-corrected chi connectivity index (χ3v) is 3.64. The van der Waals surface area contributed by atoms with Gasteiger partial charge in [0.1, 0.15) is 11.8 Å². The third kappa shape index (κ3) is 3.13. The van der Waals surface area contributed by atoms with Crippen LogP contribution in [0.5, 0.6) is 0 Å². The molecule has 0 bridgehead atoms. The van der Waals surface area contributed by atoms with Gasteiger partial charge in [0.05, 0.1) is 0 Å². The average Bonchev–Trinajstić information content (AvgIpc) is 2.65. The molecule has 1 amide bonds. The van der Waals surface area contributed by atoms with E-state index in [4.69, 9.17) is 4.74 Å². The predicted molar refractivity (Wildman–Crippen MR) is 67.3 cm³/mol. The topological polar surface area (TPSA) is 41.6 Å². The van der Waals surface area contributed by atoms with Gasteiger partial charge in [-0.3, -0.25) is 0 Å². The molecule has 2 aliphatic rings. The van der Waals surface area contributed by atoms with Gasteiger partial charge in [-0.2, -0.15) is 0 Å². The zero-order chi connectivity index (χ0) is 13.4. The van der Waals surface area contributed by atoms with Crippen LogP contribution in [0, 0.1) is 0 Å². The summed E-state index contributed by atoms with van der Waals surface area (Å²) in [5.74, 6) is 0. The number of hydrogen-bond acceptors (Lipinski definition) is 3. The largest absolute Gasteiger partial charge is 0.444 e. The minimum atomic E-state index is -0.744. The van der Waals surface area contributed by atoms with Crippen molar-refractivity contribution in [1.82, 2.24) is 10.2 Å². The summed E-state index contributed by atoms with van der Waals surface area (Å²) in [6.07, 6.45) is 1.27. The van der Waals surface area contributed by atoms with Crippen LogP contribution in [0.2, 0.25) is 0 Å². The molecule has 4 nitrogen and oxygen atoms in total. The molecule has 2 rings (SSSR count). The molecule has 18 heavy (non-hydrogen) atoms. The molecule has 2 fully saturated rings. The van der Waals surface area contributed by atoms with Gasteiger partial charge in [-0.15, -0.1) is 0 Å². The van der Waals surface area contributed by atoms with Crippen molar-refractivity contribution in [2.45, 2.75) is 57.3 Å². The number of nitrogens with zero attached hydrogens (tertiary/aromatic N) is 1. The lowest BCUT2D eigenvalue weighted by molar-refractivity contribution is 0.0273. The van der Waals surface area contributed by atoms with E-state index < -0.39 is 11.8 Å². The van der Waals surface area contributed by atoms with Crippen molar-refractivity contribution in [3.05, 3.63) is 0 Å². The quantitative estimate of drug-likeness (QED) is 0.723. The summed E-state index contributed by atoms with van der Waals surface area (Å²) >= 11 is 0. The first-order valence-electron chi connectivity index (χ1n) is 6.67. The Bertz CT molecular complexity index is 319. The number of hydrogen-bond donors (Lipinski definition) is 1. The van der Waals surface area contributed by atoms with Crippen molar-refractivity contribution in [2.24, 2.45) is 0 Å². The van der Waals surface area contributed by atoms with E-state index in [1.807, 2.05) is 20.8 Å².